The van der Waals surface area contributed by atoms with Crippen molar-refractivity contribution < 1.29 is 14.3 Å². The molecule has 0 saturated heterocycles. The van der Waals surface area contributed by atoms with Crippen LogP contribution in [0.1, 0.15) is 29.8 Å². The van der Waals surface area contributed by atoms with Crippen LogP contribution >= 0.6 is 0 Å². The Kier molecular flexibility index (Phi) is 2.95. The van der Waals surface area contributed by atoms with Crippen molar-refractivity contribution in [2.45, 2.75) is 19.4 Å². The van der Waals surface area contributed by atoms with Gasteiger partial charge in [-0.1, -0.05) is 12.1 Å². The second kappa shape index (κ2) is 4.29. The standard InChI is InChI=1S/C14H15NO3/c1-14(2)11(8-12(15)18-14)9-4-6-10(7-5-9)13(16)17-3/h4-8,15H,1-3H3. The number of carbonyl (C=O) groups excluding carboxylic acids is 1. The lowest BCUT2D eigenvalue weighted by Crippen LogP contribution is -2.22. The number of methoxy groups -OCH3 is 1. The highest BCUT2D eigenvalue weighted by atomic mass is 16.5. The maximum absolute atomic E-state index is 11.3. The second-order valence-electron chi connectivity index (χ2n) is 4.60. The average molecular weight is 245 g/mol. The van der Waals surface area contributed by atoms with Gasteiger partial charge in [0.1, 0.15) is 5.60 Å². The van der Waals surface area contributed by atoms with E-state index in [1.165, 1.54) is 7.11 Å². The third-order valence-electron chi connectivity index (χ3n) is 2.91. The molecule has 0 aromatic heterocycles. The lowest BCUT2D eigenvalue weighted by molar-refractivity contribution is 0.0600. The topological polar surface area (TPSA) is 59.4 Å². The summed E-state index contributed by atoms with van der Waals surface area (Å²) in [4.78, 5) is 11.3. The van der Waals surface area contributed by atoms with Gasteiger partial charge in [-0.05, 0) is 31.5 Å². The summed E-state index contributed by atoms with van der Waals surface area (Å²) in [6.45, 7) is 3.82. The molecule has 0 saturated carbocycles. The van der Waals surface area contributed by atoms with Crippen LogP contribution < -0.4 is 0 Å². The zero-order chi connectivity index (χ0) is 13.3. The molecular weight excluding hydrogens is 230 g/mol. The van der Waals surface area contributed by atoms with Crippen LogP contribution in [0.15, 0.2) is 30.3 Å². The Bertz CT molecular complexity index is 526. The van der Waals surface area contributed by atoms with Crippen LogP contribution in [0, 0.1) is 5.41 Å². The number of hydrogen-bond acceptors (Lipinski definition) is 4. The third kappa shape index (κ3) is 2.14. The highest BCUT2D eigenvalue weighted by molar-refractivity contribution is 6.00. The normalized spacial score (nSPS) is 17.1. The van der Waals surface area contributed by atoms with E-state index in [1.807, 2.05) is 26.0 Å². The molecule has 1 N–H and O–H groups in total. The molecule has 0 atom stereocenters. The van der Waals surface area contributed by atoms with E-state index in [0.29, 0.717) is 5.56 Å². The second-order valence-corrected chi connectivity index (χ2v) is 4.60. The molecule has 94 valence electrons. The Morgan fingerprint density at radius 1 is 1.28 bits per heavy atom. The molecule has 0 spiro atoms. The number of rotatable bonds is 2. The fraction of sp³-hybridized carbons (Fsp3) is 0.286. The average Bonchev–Trinajstić information content (AvgIpc) is 2.61. The highest BCUT2D eigenvalue weighted by Crippen LogP contribution is 2.35. The first kappa shape index (κ1) is 12.4. The van der Waals surface area contributed by atoms with Crippen LogP contribution in [0.5, 0.6) is 0 Å². The third-order valence-corrected chi connectivity index (χ3v) is 2.91. The number of ether oxygens (including phenoxy) is 2. The number of benzene rings is 1. The fourth-order valence-electron chi connectivity index (χ4n) is 2.00. The first-order chi connectivity index (χ1) is 8.44. The lowest BCUT2D eigenvalue weighted by Gasteiger charge is -2.22. The van der Waals surface area contributed by atoms with Gasteiger partial charge < -0.3 is 9.47 Å². The summed E-state index contributed by atoms with van der Waals surface area (Å²) in [5.74, 6) is -0.197. The van der Waals surface area contributed by atoms with Gasteiger partial charge in [-0.2, -0.15) is 0 Å². The summed E-state index contributed by atoms with van der Waals surface area (Å²) < 4.78 is 10.1. The number of nitrogens with one attached hydrogen (secondary N) is 1. The SMILES string of the molecule is COC(=O)c1ccc(C2=CC(=N)OC2(C)C)cc1. The lowest BCUT2D eigenvalue weighted by atomic mass is 9.92. The summed E-state index contributed by atoms with van der Waals surface area (Å²) in [6.07, 6.45) is 1.70. The molecule has 4 heteroatoms. The van der Waals surface area contributed by atoms with Crippen LogP contribution in [0.3, 0.4) is 0 Å². The van der Waals surface area contributed by atoms with Gasteiger partial charge in [-0.15, -0.1) is 0 Å². The number of hydrogen-bond donors (Lipinski definition) is 1. The van der Waals surface area contributed by atoms with Crippen LogP contribution in [-0.4, -0.2) is 24.6 Å². The van der Waals surface area contributed by atoms with E-state index in [-0.39, 0.29) is 11.9 Å². The zero-order valence-electron chi connectivity index (χ0n) is 10.6. The van der Waals surface area contributed by atoms with Crippen molar-refractivity contribution in [2.75, 3.05) is 7.11 Å². The Hall–Kier alpha value is -2.10. The molecule has 1 aliphatic rings. The smallest absolute Gasteiger partial charge is 0.337 e. The maximum atomic E-state index is 11.3. The van der Waals surface area contributed by atoms with Crippen molar-refractivity contribution in [1.29, 1.82) is 5.41 Å². The van der Waals surface area contributed by atoms with E-state index in [0.717, 1.165) is 11.1 Å². The molecule has 0 radical (unpaired) electrons. The molecule has 0 fully saturated rings. The van der Waals surface area contributed by atoms with Crippen molar-refractivity contribution in [2.24, 2.45) is 0 Å². The Morgan fingerprint density at radius 3 is 2.33 bits per heavy atom. The van der Waals surface area contributed by atoms with Crippen molar-refractivity contribution >= 4 is 17.4 Å². The predicted octanol–water partition coefficient (Wildman–Crippen LogP) is 2.64. The molecule has 0 aliphatic carbocycles. The van der Waals surface area contributed by atoms with E-state index in [1.54, 1.807) is 18.2 Å². The summed E-state index contributed by atoms with van der Waals surface area (Å²) in [6, 6.07) is 7.09. The van der Waals surface area contributed by atoms with Gasteiger partial charge in [0.05, 0.1) is 12.7 Å². The number of esters is 1. The molecule has 0 unspecified atom stereocenters. The summed E-state index contributed by atoms with van der Waals surface area (Å²) >= 11 is 0. The van der Waals surface area contributed by atoms with Crippen molar-refractivity contribution in [1.82, 2.24) is 0 Å². The monoisotopic (exact) mass is 245 g/mol. The fourth-order valence-corrected chi connectivity index (χ4v) is 2.00. The van der Waals surface area contributed by atoms with Crippen molar-refractivity contribution in [3.8, 4) is 0 Å². The van der Waals surface area contributed by atoms with Gasteiger partial charge in [0.25, 0.3) is 0 Å². The molecule has 4 nitrogen and oxygen atoms in total. The summed E-state index contributed by atoms with van der Waals surface area (Å²) in [5.41, 5.74) is 1.87. The van der Waals surface area contributed by atoms with E-state index in [9.17, 15) is 4.79 Å². The minimum atomic E-state index is -0.510. The van der Waals surface area contributed by atoms with Gasteiger partial charge in [-0.25, -0.2) is 4.79 Å². The minimum absolute atomic E-state index is 0.159. The van der Waals surface area contributed by atoms with Crippen LogP contribution in [0.2, 0.25) is 0 Å². The van der Waals surface area contributed by atoms with Gasteiger partial charge >= 0.3 is 5.97 Å². The molecule has 0 amide bonds. The Morgan fingerprint density at radius 2 is 1.89 bits per heavy atom. The molecule has 0 bridgehead atoms. The van der Waals surface area contributed by atoms with Crippen LogP contribution in [-0.2, 0) is 9.47 Å². The van der Waals surface area contributed by atoms with Gasteiger partial charge in [0, 0.05) is 11.6 Å². The molecule has 18 heavy (non-hydrogen) atoms. The molecule has 2 rings (SSSR count). The van der Waals surface area contributed by atoms with E-state index < -0.39 is 5.60 Å². The van der Waals surface area contributed by atoms with Crippen LogP contribution in [0.25, 0.3) is 5.57 Å². The van der Waals surface area contributed by atoms with Gasteiger partial charge in [0.15, 0.2) is 0 Å². The number of carbonyl (C=O) groups is 1. The molecular formula is C14H15NO3. The maximum Gasteiger partial charge on any atom is 0.337 e. The van der Waals surface area contributed by atoms with Crippen molar-refractivity contribution in [3.05, 3.63) is 41.5 Å². The predicted molar refractivity (Wildman–Crippen MR) is 68.6 cm³/mol. The minimum Gasteiger partial charge on any atom is -0.467 e. The van der Waals surface area contributed by atoms with Crippen molar-refractivity contribution in [3.63, 3.8) is 0 Å². The largest absolute Gasteiger partial charge is 0.467 e. The van der Waals surface area contributed by atoms with E-state index in [2.05, 4.69) is 4.74 Å². The van der Waals surface area contributed by atoms with E-state index >= 15 is 0 Å². The van der Waals surface area contributed by atoms with Crippen LogP contribution in [0.4, 0.5) is 0 Å². The zero-order valence-corrected chi connectivity index (χ0v) is 10.6. The Labute approximate surface area is 106 Å². The molecule has 1 aromatic rings. The van der Waals surface area contributed by atoms with Gasteiger partial charge in [-0.3, -0.25) is 5.41 Å². The Balaban J connectivity index is 2.33. The van der Waals surface area contributed by atoms with E-state index in [4.69, 9.17) is 10.1 Å². The quantitative estimate of drug-likeness (QED) is 0.815. The summed E-state index contributed by atoms with van der Waals surface area (Å²) in [5, 5.41) is 7.55. The first-order valence-corrected chi connectivity index (χ1v) is 5.62. The highest BCUT2D eigenvalue weighted by Gasteiger charge is 2.33. The molecule has 1 heterocycles. The van der Waals surface area contributed by atoms with Gasteiger partial charge in [0.2, 0.25) is 5.90 Å². The molecule has 1 aliphatic heterocycles. The summed E-state index contributed by atoms with van der Waals surface area (Å²) in [7, 11) is 1.36. The molecule has 1 aromatic carbocycles. The first-order valence-electron chi connectivity index (χ1n) is 5.62.